The molecule has 0 bridgehead atoms. The predicted molar refractivity (Wildman–Crippen MR) is 232 cm³/mol. The van der Waals surface area contributed by atoms with E-state index >= 15 is 0 Å². The van der Waals surface area contributed by atoms with Crippen molar-refractivity contribution in [1.82, 2.24) is 19.9 Å². The van der Waals surface area contributed by atoms with E-state index in [9.17, 15) is 0 Å². The second-order valence-electron chi connectivity index (χ2n) is 13.5. The Labute approximate surface area is 324 Å². The highest BCUT2D eigenvalue weighted by molar-refractivity contribution is 7.22. The third-order valence-electron chi connectivity index (χ3n) is 10.2. The molecule has 0 atom stereocenters. The van der Waals surface area contributed by atoms with Gasteiger partial charge in [-0.1, -0.05) is 48.5 Å². The number of aromatic nitrogens is 4. The van der Waals surface area contributed by atoms with Crippen LogP contribution in [0.3, 0.4) is 0 Å². The molecule has 0 amide bonds. The van der Waals surface area contributed by atoms with E-state index in [1.54, 1.807) is 22.7 Å². The monoisotopic (exact) mass is 739 g/mol. The molecule has 4 heterocycles. The summed E-state index contributed by atoms with van der Waals surface area (Å²) in [4.78, 5) is 21.5. The molecule has 11 aromatic rings. The number of fused-ring (bicyclic) bond motifs is 6. The van der Waals surface area contributed by atoms with Gasteiger partial charge in [0.05, 0.1) is 31.5 Å². The van der Waals surface area contributed by atoms with Crippen LogP contribution in [0.25, 0.3) is 85.3 Å². The summed E-state index contributed by atoms with van der Waals surface area (Å²) in [6, 6.07) is 58.0. The van der Waals surface area contributed by atoms with E-state index in [1.165, 1.54) is 14.8 Å². The van der Waals surface area contributed by atoms with E-state index in [-0.39, 0.29) is 0 Å². The predicted octanol–water partition coefficient (Wildman–Crippen LogP) is 13.6. The zero-order valence-electron chi connectivity index (χ0n) is 29.3. The van der Waals surface area contributed by atoms with Gasteiger partial charge in [0.1, 0.15) is 10.0 Å². The van der Waals surface area contributed by atoms with Crippen LogP contribution in [0, 0.1) is 0 Å². The van der Waals surface area contributed by atoms with Crippen molar-refractivity contribution in [3.63, 3.8) is 0 Å². The van der Waals surface area contributed by atoms with E-state index in [2.05, 4.69) is 149 Å². The smallest absolute Gasteiger partial charge is 0.124 e. The Morgan fingerprint density at radius 3 is 1.64 bits per heavy atom. The zero-order valence-corrected chi connectivity index (χ0v) is 30.9. The van der Waals surface area contributed by atoms with Gasteiger partial charge in [0.2, 0.25) is 0 Å². The van der Waals surface area contributed by atoms with Crippen LogP contribution in [0.4, 0.5) is 17.1 Å². The maximum Gasteiger partial charge on any atom is 0.124 e. The summed E-state index contributed by atoms with van der Waals surface area (Å²) in [7, 11) is 0. The second-order valence-corrected chi connectivity index (χ2v) is 15.6. The molecule has 0 unspecified atom stereocenters. The van der Waals surface area contributed by atoms with Gasteiger partial charge in [-0.25, -0.2) is 9.97 Å². The van der Waals surface area contributed by atoms with Gasteiger partial charge in [-0.2, -0.15) is 0 Å². The van der Waals surface area contributed by atoms with Crippen molar-refractivity contribution in [2.45, 2.75) is 0 Å². The molecule has 0 N–H and O–H groups in total. The fourth-order valence-corrected chi connectivity index (χ4v) is 9.47. The molecule has 0 saturated heterocycles. The average molecular weight is 740 g/mol. The van der Waals surface area contributed by atoms with Gasteiger partial charge in [-0.3, -0.25) is 9.97 Å². The summed E-state index contributed by atoms with van der Waals surface area (Å²) in [5.41, 5.74) is 11.7. The molecule has 0 fully saturated rings. The van der Waals surface area contributed by atoms with E-state index in [1.807, 2.05) is 36.7 Å². The van der Waals surface area contributed by atoms with E-state index in [4.69, 9.17) is 15.0 Å². The average Bonchev–Trinajstić information content (AvgIpc) is 3.89. The lowest BCUT2D eigenvalue weighted by Gasteiger charge is -2.26. The summed E-state index contributed by atoms with van der Waals surface area (Å²) >= 11 is 3.45. The van der Waals surface area contributed by atoms with Crippen molar-refractivity contribution in [3.8, 4) is 32.3 Å². The van der Waals surface area contributed by atoms with Crippen LogP contribution >= 0.6 is 22.7 Å². The Balaban J connectivity index is 0.999. The number of nitrogens with zero attached hydrogens (tertiary/aromatic N) is 5. The molecule has 4 aromatic heterocycles. The Morgan fingerprint density at radius 1 is 0.400 bits per heavy atom. The van der Waals surface area contributed by atoms with Crippen molar-refractivity contribution in [2.75, 3.05) is 4.90 Å². The molecule has 7 heteroatoms. The molecule has 0 aliphatic heterocycles. The molecule has 0 saturated carbocycles. The number of pyridine rings is 2. The van der Waals surface area contributed by atoms with Crippen LogP contribution in [0.2, 0.25) is 0 Å². The minimum atomic E-state index is 0.965. The maximum absolute atomic E-state index is 4.92. The molecular formula is C48H29N5S2. The Hall–Kier alpha value is -6.80. The fourth-order valence-electron chi connectivity index (χ4n) is 7.53. The molecule has 11 rings (SSSR count). The summed E-state index contributed by atoms with van der Waals surface area (Å²) in [5.74, 6) is 0. The van der Waals surface area contributed by atoms with Gasteiger partial charge < -0.3 is 4.90 Å². The second kappa shape index (κ2) is 13.0. The van der Waals surface area contributed by atoms with Gasteiger partial charge in [-0.05, 0) is 137 Å². The topological polar surface area (TPSA) is 54.8 Å². The van der Waals surface area contributed by atoms with Crippen LogP contribution < -0.4 is 4.90 Å². The normalized spacial score (nSPS) is 11.6. The van der Waals surface area contributed by atoms with Crippen molar-refractivity contribution >= 4 is 92.7 Å². The van der Waals surface area contributed by atoms with Gasteiger partial charge in [0, 0.05) is 51.4 Å². The number of anilines is 3. The standard InChI is InChI=1S/C48H29N5S2/c1-3-9-44-41(7-1)51-47(54-44)30-13-18-35(19-14-30)53(36-20-15-31(16-21-36)48-52-42-8-2-4-10-45(42)55-48)37-22-17-32-28-34(12-11-33(32)29-37)38-25-27-50-43-24-23-40-39(46(38)43)6-5-26-49-40/h1-29H. The number of para-hydroxylation sites is 2. The van der Waals surface area contributed by atoms with Gasteiger partial charge in [-0.15, -0.1) is 22.7 Å². The molecule has 5 nitrogen and oxygen atoms in total. The van der Waals surface area contributed by atoms with Crippen molar-refractivity contribution in [1.29, 1.82) is 0 Å². The lowest BCUT2D eigenvalue weighted by atomic mass is 9.96. The van der Waals surface area contributed by atoms with Crippen molar-refractivity contribution in [3.05, 3.63) is 176 Å². The largest absolute Gasteiger partial charge is 0.310 e. The first-order valence-electron chi connectivity index (χ1n) is 18.1. The minimum Gasteiger partial charge on any atom is -0.310 e. The third kappa shape index (κ3) is 5.60. The summed E-state index contributed by atoms with van der Waals surface area (Å²) < 4.78 is 2.39. The summed E-state index contributed by atoms with van der Waals surface area (Å²) in [6.45, 7) is 0. The Kier molecular flexibility index (Phi) is 7.46. The molecule has 0 aliphatic carbocycles. The summed E-state index contributed by atoms with van der Waals surface area (Å²) in [6.07, 6.45) is 3.74. The minimum absolute atomic E-state index is 0.965. The van der Waals surface area contributed by atoms with Crippen LogP contribution in [0.1, 0.15) is 0 Å². The first-order valence-corrected chi connectivity index (χ1v) is 19.7. The number of hydrogen-bond acceptors (Lipinski definition) is 7. The van der Waals surface area contributed by atoms with Gasteiger partial charge in [0.25, 0.3) is 0 Å². The summed E-state index contributed by atoms with van der Waals surface area (Å²) in [5, 5.41) is 6.60. The highest BCUT2D eigenvalue weighted by Crippen LogP contribution is 2.41. The zero-order chi connectivity index (χ0) is 36.3. The Bertz CT molecular complexity index is 3040. The Morgan fingerprint density at radius 2 is 0.964 bits per heavy atom. The molecule has 0 aliphatic rings. The first kappa shape index (κ1) is 31.7. The molecular weight excluding hydrogens is 711 g/mol. The van der Waals surface area contributed by atoms with Crippen LogP contribution in [-0.4, -0.2) is 19.9 Å². The van der Waals surface area contributed by atoms with Crippen LogP contribution in [0.5, 0.6) is 0 Å². The first-order chi connectivity index (χ1) is 27.2. The lowest BCUT2D eigenvalue weighted by molar-refractivity contribution is 1.29. The van der Waals surface area contributed by atoms with Gasteiger partial charge in [0.15, 0.2) is 0 Å². The molecule has 7 aromatic carbocycles. The highest BCUT2D eigenvalue weighted by atomic mass is 32.1. The third-order valence-corrected chi connectivity index (χ3v) is 12.4. The maximum atomic E-state index is 4.92. The number of hydrogen-bond donors (Lipinski definition) is 0. The molecule has 258 valence electrons. The lowest BCUT2D eigenvalue weighted by Crippen LogP contribution is -2.09. The molecule has 0 radical (unpaired) electrons. The van der Waals surface area contributed by atoms with E-state index < -0.39 is 0 Å². The van der Waals surface area contributed by atoms with Crippen LogP contribution in [0.15, 0.2) is 176 Å². The van der Waals surface area contributed by atoms with Gasteiger partial charge >= 0.3 is 0 Å². The number of rotatable bonds is 6. The molecule has 55 heavy (non-hydrogen) atoms. The van der Waals surface area contributed by atoms with Crippen LogP contribution in [-0.2, 0) is 0 Å². The highest BCUT2D eigenvalue weighted by Gasteiger charge is 2.17. The SMILES string of the molecule is c1ccc2sc(-c3ccc(N(c4ccc(-c5nc6ccccc6s5)cc4)c4ccc5cc(-c6ccnc7ccc8ncccc8c67)ccc5c4)cc3)nc2c1. The number of thiazole rings is 2. The van der Waals surface area contributed by atoms with Crippen molar-refractivity contribution in [2.24, 2.45) is 0 Å². The van der Waals surface area contributed by atoms with Crippen molar-refractivity contribution < 1.29 is 0 Å². The number of benzene rings is 7. The fraction of sp³-hybridized carbons (Fsp3) is 0. The van der Waals surface area contributed by atoms with E-state index in [0.29, 0.717) is 0 Å². The quantitative estimate of drug-likeness (QED) is 0.159. The van der Waals surface area contributed by atoms with E-state index in [0.717, 1.165) is 87.6 Å². The molecule has 0 spiro atoms.